The third-order valence-electron chi connectivity index (χ3n) is 11.9. The first-order chi connectivity index (χ1) is 29.7. The SMILES string of the molecule is C[Si](O[Si](O[Si](C)(c1ccccc1)c1ccccc1)(O[Si](C)(c1ccccc1)c1ccccc1)O[Si](C)(c1ccccc1)c1ccccc1)(c1ccccc1)c1ccccc1. The lowest BCUT2D eigenvalue weighted by Gasteiger charge is -2.48. The van der Waals surface area contributed by atoms with Crippen LogP contribution in [0, 0.1) is 0 Å². The van der Waals surface area contributed by atoms with Gasteiger partial charge in [0.05, 0.1) is 0 Å². The molecule has 0 N–H and O–H groups in total. The van der Waals surface area contributed by atoms with Gasteiger partial charge in [0.25, 0.3) is 0 Å². The first-order valence-electron chi connectivity index (χ1n) is 20.9. The van der Waals surface area contributed by atoms with Crippen LogP contribution in [-0.4, -0.2) is 42.3 Å². The quantitative estimate of drug-likeness (QED) is 0.0977. The van der Waals surface area contributed by atoms with Gasteiger partial charge in [0.2, 0.25) is 33.3 Å². The zero-order valence-electron chi connectivity index (χ0n) is 35.2. The van der Waals surface area contributed by atoms with Crippen molar-refractivity contribution in [3.63, 3.8) is 0 Å². The standard InChI is InChI=1S/C52H52O4Si5/c1-57(45-29-13-5-14-30-45,46-31-15-6-16-32-46)53-61(54-58(2,47-33-17-7-18-34-47)48-35-19-8-20-36-48,55-59(3,49-37-21-9-22-38-49)50-39-23-10-24-40-50)56-60(4,51-41-25-11-26-42-51)52-43-27-12-28-44-52/h5-44H,1-4H3. The zero-order chi connectivity index (χ0) is 42.2. The molecule has 8 aromatic carbocycles. The molecule has 0 heterocycles. The highest BCUT2D eigenvalue weighted by Gasteiger charge is 2.64. The Balaban J connectivity index is 1.49. The second kappa shape index (κ2) is 18.3. The smallest absolute Gasteiger partial charge is 0.386 e. The number of hydrogen-bond acceptors (Lipinski definition) is 4. The molecule has 0 fully saturated rings. The summed E-state index contributed by atoms with van der Waals surface area (Å²) in [6.07, 6.45) is 0. The Morgan fingerprint density at radius 1 is 0.197 bits per heavy atom. The minimum absolute atomic E-state index is 1.10. The second-order valence-electron chi connectivity index (χ2n) is 16.0. The van der Waals surface area contributed by atoms with Gasteiger partial charge in [-0.3, -0.25) is 0 Å². The molecule has 0 aliphatic heterocycles. The summed E-state index contributed by atoms with van der Waals surface area (Å²) in [7, 11) is -17.7. The summed E-state index contributed by atoms with van der Waals surface area (Å²) >= 11 is 0. The van der Waals surface area contributed by atoms with E-state index in [9.17, 15) is 0 Å². The normalized spacial score (nSPS) is 12.5. The van der Waals surface area contributed by atoms with Gasteiger partial charge in [-0.1, -0.05) is 243 Å². The number of rotatable bonds is 16. The van der Waals surface area contributed by atoms with Gasteiger partial charge in [-0.05, 0) is 67.7 Å². The van der Waals surface area contributed by atoms with E-state index in [-0.39, 0.29) is 0 Å². The van der Waals surface area contributed by atoms with Crippen LogP contribution in [0.15, 0.2) is 243 Å². The van der Waals surface area contributed by atoms with Crippen molar-refractivity contribution in [2.45, 2.75) is 26.2 Å². The van der Waals surface area contributed by atoms with Crippen molar-refractivity contribution >= 4 is 83.8 Å². The third-order valence-corrected chi connectivity index (χ3v) is 33.9. The van der Waals surface area contributed by atoms with Gasteiger partial charge in [-0.2, -0.15) is 0 Å². The highest BCUT2D eigenvalue weighted by atomic mass is 28.5. The molecule has 0 aromatic heterocycles. The van der Waals surface area contributed by atoms with Crippen molar-refractivity contribution in [1.82, 2.24) is 0 Å². The maximum Gasteiger partial charge on any atom is 0.639 e. The van der Waals surface area contributed by atoms with Crippen LogP contribution in [-0.2, 0) is 16.5 Å². The summed E-state index contributed by atoms with van der Waals surface area (Å²) in [5.74, 6) is 0. The maximum absolute atomic E-state index is 8.33. The Labute approximate surface area is 367 Å². The molecule has 8 aromatic rings. The van der Waals surface area contributed by atoms with E-state index in [4.69, 9.17) is 16.5 Å². The molecule has 9 heteroatoms. The fourth-order valence-corrected chi connectivity index (χ4v) is 31.3. The summed E-state index contributed by atoms with van der Waals surface area (Å²) in [6.45, 7) is 9.14. The van der Waals surface area contributed by atoms with E-state index in [1.807, 2.05) is 0 Å². The van der Waals surface area contributed by atoms with Gasteiger partial charge < -0.3 is 16.5 Å². The minimum atomic E-state index is -4.55. The molecule has 0 saturated heterocycles. The molecule has 0 saturated carbocycles. The van der Waals surface area contributed by atoms with Gasteiger partial charge in [-0.25, -0.2) is 0 Å². The molecule has 8 rings (SSSR count). The molecule has 0 atom stereocenters. The van der Waals surface area contributed by atoms with Crippen molar-refractivity contribution in [3.8, 4) is 0 Å². The summed E-state index contributed by atoms with van der Waals surface area (Å²) in [6, 6.07) is 85.3. The molecule has 304 valence electrons. The molecule has 0 aliphatic rings. The van der Waals surface area contributed by atoms with Crippen LogP contribution in [0.4, 0.5) is 0 Å². The fraction of sp³-hybridized carbons (Fsp3) is 0.0769. The first-order valence-corrected chi connectivity index (χ1v) is 32.2. The fourth-order valence-electron chi connectivity index (χ4n) is 8.31. The van der Waals surface area contributed by atoms with Crippen molar-refractivity contribution < 1.29 is 16.5 Å². The van der Waals surface area contributed by atoms with Gasteiger partial charge in [0.15, 0.2) is 0 Å². The molecule has 0 aliphatic carbocycles. The van der Waals surface area contributed by atoms with Gasteiger partial charge in [-0.15, -0.1) is 0 Å². The van der Waals surface area contributed by atoms with Crippen LogP contribution in [0.25, 0.3) is 0 Å². The third kappa shape index (κ3) is 8.89. The Kier molecular flexibility index (Phi) is 12.7. The number of benzene rings is 8. The molecule has 4 nitrogen and oxygen atoms in total. The molecule has 0 spiro atoms. The first kappa shape index (κ1) is 42.4. The molecule has 0 unspecified atom stereocenters. The number of hydrogen-bond donors (Lipinski definition) is 0. The van der Waals surface area contributed by atoms with Gasteiger partial charge in [0.1, 0.15) is 0 Å². The highest BCUT2D eigenvalue weighted by Crippen LogP contribution is 2.31. The molecule has 61 heavy (non-hydrogen) atoms. The average Bonchev–Trinajstić information content (AvgIpc) is 3.33. The van der Waals surface area contributed by atoms with Crippen LogP contribution >= 0.6 is 0 Å². The van der Waals surface area contributed by atoms with E-state index in [1.165, 1.54) is 0 Å². The summed E-state index contributed by atoms with van der Waals surface area (Å²) in [5.41, 5.74) is 0. The predicted octanol–water partition coefficient (Wildman–Crippen LogP) is 7.05. The maximum atomic E-state index is 8.33. The van der Waals surface area contributed by atoms with Crippen molar-refractivity contribution in [2.24, 2.45) is 0 Å². The van der Waals surface area contributed by atoms with Crippen molar-refractivity contribution in [1.29, 1.82) is 0 Å². The lowest BCUT2D eigenvalue weighted by Crippen LogP contribution is -2.79. The molecule has 0 radical (unpaired) electrons. The van der Waals surface area contributed by atoms with Crippen LogP contribution in [0.3, 0.4) is 0 Å². The van der Waals surface area contributed by atoms with Crippen molar-refractivity contribution in [3.05, 3.63) is 243 Å². The average molecular weight is 881 g/mol. The van der Waals surface area contributed by atoms with E-state index < -0.39 is 42.3 Å². The summed E-state index contributed by atoms with van der Waals surface area (Å²) < 4.78 is 33.3. The predicted molar refractivity (Wildman–Crippen MR) is 265 cm³/mol. The summed E-state index contributed by atoms with van der Waals surface area (Å²) in [4.78, 5) is 0. The molecular weight excluding hydrogens is 829 g/mol. The Morgan fingerprint density at radius 3 is 0.426 bits per heavy atom. The van der Waals surface area contributed by atoms with E-state index in [0.717, 1.165) is 41.5 Å². The Hall–Kier alpha value is -5.32. The largest absolute Gasteiger partial charge is 0.639 e. The van der Waals surface area contributed by atoms with Crippen LogP contribution in [0.5, 0.6) is 0 Å². The van der Waals surface area contributed by atoms with Crippen LogP contribution in [0.1, 0.15) is 0 Å². The lowest BCUT2D eigenvalue weighted by atomic mass is 10.4. The molecular formula is C52H52O4Si5. The monoisotopic (exact) mass is 880 g/mol. The van der Waals surface area contributed by atoms with E-state index in [2.05, 4.69) is 269 Å². The van der Waals surface area contributed by atoms with Gasteiger partial charge >= 0.3 is 9.05 Å². The van der Waals surface area contributed by atoms with Crippen LogP contribution < -0.4 is 41.5 Å². The molecule has 0 amide bonds. The van der Waals surface area contributed by atoms with Gasteiger partial charge in [0, 0.05) is 0 Å². The van der Waals surface area contributed by atoms with E-state index in [1.54, 1.807) is 0 Å². The van der Waals surface area contributed by atoms with Crippen molar-refractivity contribution in [2.75, 3.05) is 0 Å². The second-order valence-corrected chi connectivity index (χ2v) is 33.1. The topological polar surface area (TPSA) is 36.9 Å². The van der Waals surface area contributed by atoms with Crippen LogP contribution in [0.2, 0.25) is 26.2 Å². The van der Waals surface area contributed by atoms with E-state index in [0.29, 0.717) is 0 Å². The summed E-state index contributed by atoms with van der Waals surface area (Å²) in [5, 5.41) is 8.79. The lowest BCUT2D eigenvalue weighted by molar-refractivity contribution is 0.157. The Bertz CT molecular complexity index is 2050. The van der Waals surface area contributed by atoms with E-state index >= 15 is 0 Å². The Morgan fingerprint density at radius 2 is 0.311 bits per heavy atom. The zero-order valence-corrected chi connectivity index (χ0v) is 40.2. The highest BCUT2D eigenvalue weighted by molar-refractivity contribution is 7.09. The minimum Gasteiger partial charge on any atom is -0.386 e. The molecule has 0 bridgehead atoms.